The standard InChI is InChI=1S/C25H30N4O3/c1-25(2,3)19-9-5-7-11-21(19)27-23(30)17-29-22(16-28-12-14-32-15-13-28)26-20-10-6-4-8-18(20)24(29)31/h4-11H,12-17H2,1-3H3,(H,27,30). The fourth-order valence-corrected chi connectivity index (χ4v) is 4.04. The monoisotopic (exact) mass is 434 g/mol. The quantitative estimate of drug-likeness (QED) is 0.668. The highest BCUT2D eigenvalue weighted by Crippen LogP contribution is 2.29. The van der Waals surface area contributed by atoms with Gasteiger partial charge in [0, 0.05) is 18.8 Å². The van der Waals surface area contributed by atoms with Crippen LogP contribution in [0.1, 0.15) is 32.2 Å². The van der Waals surface area contributed by atoms with Crippen LogP contribution in [0, 0.1) is 0 Å². The van der Waals surface area contributed by atoms with Gasteiger partial charge in [-0.3, -0.25) is 19.1 Å². The molecule has 0 unspecified atom stereocenters. The van der Waals surface area contributed by atoms with Crippen LogP contribution in [0.3, 0.4) is 0 Å². The molecule has 1 saturated heterocycles. The normalized spacial score (nSPS) is 15.1. The second-order valence-electron chi connectivity index (χ2n) is 9.17. The summed E-state index contributed by atoms with van der Waals surface area (Å²) in [4.78, 5) is 33.3. The zero-order valence-corrected chi connectivity index (χ0v) is 18.9. The van der Waals surface area contributed by atoms with Gasteiger partial charge in [-0.05, 0) is 29.2 Å². The molecule has 3 aromatic rings. The first-order chi connectivity index (χ1) is 15.3. The van der Waals surface area contributed by atoms with Gasteiger partial charge in [-0.25, -0.2) is 4.98 Å². The highest BCUT2D eigenvalue weighted by atomic mass is 16.5. The first kappa shape index (κ1) is 22.2. The van der Waals surface area contributed by atoms with Gasteiger partial charge in [0.25, 0.3) is 5.56 Å². The van der Waals surface area contributed by atoms with E-state index in [1.54, 1.807) is 6.07 Å². The number of carbonyl (C=O) groups is 1. The van der Waals surface area contributed by atoms with Crippen molar-refractivity contribution in [3.8, 4) is 0 Å². The number of para-hydroxylation sites is 2. The van der Waals surface area contributed by atoms with Crippen molar-refractivity contribution >= 4 is 22.5 Å². The number of hydrogen-bond donors (Lipinski definition) is 1. The van der Waals surface area contributed by atoms with E-state index in [1.165, 1.54) is 4.57 Å². The Morgan fingerprint density at radius 3 is 2.50 bits per heavy atom. The van der Waals surface area contributed by atoms with Crippen LogP contribution in [0.15, 0.2) is 53.3 Å². The Bertz CT molecular complexity index is 1170. The van der Waals surface area contributed by atoms with Crippen molar-refractivity contribution in [3.63, 3.8) is 0 Å². The molecule has 0 aliphatic carbocycles. The molecule has 1 fully saturated rings. The predicted molar refractivity (Wildman–Crippen MR) is 126 cm³/mol. The van der Waals surface area contributed by atoms with Crippen LogP contribution in [-0.4, -0.2) is 46.7 Å². The number of ether oxygens (including phenoxy) is 1. The summed E-state index contributed by atoms with van der Waals surface area (Å²) in [6.45, 7) is 9.58. The lowest BCUT2D eigenvalue weighted by Crippen LogP contribution is -2.39. The third kappa shape index (κ3) is 4.89. The Morgan fingerprint density at radius 2 is 1.75 bits per heavy atom. The number of morpholine rings is 1. The number of benzene rings is 2. The Morgan fingerprint density at radius 1 is 1.06 bits per heavy atom. The van der Waals surface area contributed by atoms with E-state index in [4.69, 9.17) is 9.72 Å². The molecule has 0 atom stereocenters. The molecule has 0 radical (unpaired) electrons. The summed E-state index contributed by atoms with van der Waals surface area (Å²) in [5.41, 5.74) is 2.15. The van der Waals surface area contributed by atoms with Gasteiger partial charge in [0.1, 0.15) is 12.4 Å². The Balaban J connectivity index is 1.66. The van der Waals surface area contributed by atoms with Crippen LogP contribution in [0.25, 0.3) is 10.9 Å². The van der Waals surface area contributed by atoms with Crippen LogP contribution in [0.2, 0.25) is 0 Å². The minimum Gasteiger partial charge on any atom is -0.379 e. The van der Waals surface area contributed by atoms with Gasteiger partial charge in [-0.2, -0.15) is 0 Å². The van der Waals surface area contributed by atoms with Crippen molar-refractivity contribution in [2.45, 2.75) is 39.3 Å². The Labute approximate surface area is 188 Å². The fourth-order valence-electron chi connectivity index (χ4n) is 4.04. The van der Waals surface area contributed by atoms with Gasteiger partial charge in [-0.15, -0.1) is 0 Å². The Kier molecular flexibility index (Phi) is 6.39. The zero-order valence-electron chi connectivity index (χ0n) is 18.9. The van der Waals surface area contributed by atoms with Gasteiger partial charge in [0.2, 0.25) is 5.91 Å². The molecule has 1 aliphatic rings. The number of anilines is 1. The maximum absolute atomic E-state index is 13.3. The van der Waals surface area contributed by atoms with E-state index in [0.717, 1.165) is 24.3 Å². The SMILES string of the molecule is CC(C)(C)c1ccccc1NC(=O)Cn1c(CN2CCOCC2)nc2ccccc2c1=O. The van der Waals surface area contributed by atoms with E-state index >= 15 is 0 Å². The molecule has 32 heavy (non-hydrogen) atoms. The van der Waals surface area contributed by atoms with Crippen molar-refractivity contribution in [2.24, 2.45) is 0 Å². The molecule has 2 heterocycles. The summed E-state index contributed by atoms with van der Waals surface area (Å²) in [6, 6.07) is 15.1. The number of rotatable bonds is 5. The highest BCUT2D eigenvalue weighted by Gasteiger charge is 2.21. The first-order valence-corrected chi connectivity index (χ1v) is 11.0. The van der Waals surface area contributed by atoms with Crippen LogP contribution in [0.4, 0.5) is 5.69 Å². The molecule has 1 amide bonds. The van der Waals surface area contributed by atoms with Crippen LogP contribution in [-0.2, 0) is 28.0 Å². The summed E-state index contributed by atoms with van der Waals surface area (Å²) in [5, 5.41) is 3.53. The smallest absolute Gasteiger partial charge is 0.261 e. The largest absolute Gasteiger partial charge is 0.379 e. The lowest BCUT2D eigenvalue weighted by molar-refractivity contribution is -0.116. The average molecular weight is 435 g/mol. The minimum atomic E-state index is -0.246. The molecule has 1 aliphatic heterocycles. The average Bonchev–Trinajstić information content (AvgIpc) is 2.77. The lowest BCUT2D eigenvalue weighted by atomic mass is 9.86. The molecule has 168 valence electrons. The molecule has 0 spiro atoms. The molecule has 2 aromatic carbocycles. The minimum absolute atomic E-state index is 0.0885. The number of carbonyl (C=O) groups excluding carboxylic acids is 1. The van der Waals surface area contributed by atoms with E-state index in [9.17, 15) is 9.59 Å². The molecule has 0 saturated carbocycles. The van der Waals surface area contributed by atoms with Gasteiger partial charge >= 0.3 is 0 Å². The van der Waals surface area contributed by atoms with Crippen LogP contribution in [0.5, 0.6) is 0 Å². The second-order valence-corrected chi connectivity index (χ2v) is 9.17. The molecule has 4 rings (SSSR count). The summed E-state index contributed by atoms with van der Waals surface area (Å²) in [5.74, 6) is 0.346. The third-order valence-electron chi connectivity index (χ3n) is 5.72. The van der Waals surface area contributed by atoms with E-state index in [-0.39, 0.29) is 23.4 Å². The van der Waals surface area contributed by atoms with E-state index in [2.05, 4.69) is 31.0 Å². The first-order valence-electron chi connectivity index (χ1n) is 11.0. The summed E-state index contributed by atoms with van der Waals surface area (Å²) >= 11 is 0. The predicted octanol–water partition coefficient (Wildman–Crippen LogP) is 3.16. The van der Waals surface area contributed by atoms with Crippen molar-refractivity contribution < 1.29 is 9.53 Å². The number of aromatic nitrogens is 2. The molecule has 7 heteroatoms. The lowest BCUT2D eigenvalue weighted by Gasteiger charge is -2.27. The van der Waals surface area contributed by atoms with Crippen LogP contribution >= 0.6 is 0 Å². The summed E-state index contributed by atoms with van der Waals surface area (Å²) in [6.07, 6.45) is 0. The van der Waals surface area contributed by atoms with Crippen molar-refractivity contribution in [1.29, 1.82) is 0 Å². The molecular formula is C25H30N4O3. The van der Waals surface area contributed by atoms with E-state index < -0.39 is 0 Å². The zero-order chi connectivity index (χ0) is 22.7. The molecule has 1 N–H and O–H groups in total. The van der Waals surface area contributed by atoms with Gasteiger partial charge in [0.15, 0.2) is 0 Å². The molecular weight excluding hydrogens is 404 g/mol. The number of nitrogens with one attached hydrogen (secondary N) is 1. The molecule has 0 bridgehead atoms. The number of hydrogen-bond acceptors (Lipinski definition) is 5. The van der Waals surface area contributed by atoms with Crippen LogP contribution < -0.4 is 10.9 Å². The summed E-state index contributed by atoms with van der Waals surface area (Å²) < 4.78 is 6.94. The molecule has 1 aromatic heterocycles. The van der Waals surface area contributed by atoms with E-state index in [1.807, 2.05) is 42.5 Å². The van der Waals surface area contributed by atoms with Gasteiger partial charge < -0.3 is 10.1 Å². The maximum atomic E-state index is 13.3. The van der Waals surface area contributed by atoms with Crippen molar-refractivity contribution in [3.05, 3.63) is 70.3 Å². The van der Waals surface area contributed by atoms with Crippen molar-refractivity contribution in [1.82, 2.24) is 14.5 Å². The number of fused-ring (bicyclic) bond motifs is 1. The highest BCUT2D eigenvalue weighted by molar-refractivity contribution is 5.91. The fraction of sp³-hybridized carbons (Fsp3) is 0.400. The molecule has 7 nitrogen and oxygen atoms in total. The van der Waals surface area contributed by atoms with Crippen molar-refractivity contribution in [2.75, 3.05) is 31.6 Å². The van der Waals surface area contributed by atoms with Gasteiger partial charge in [-0.1, -0.05) is 51.1 Å². The topological polar surface area (TPSA) is 76.5 Å². The summed E-state index contributed by atoms with van der Waals surface area (Å²) in [7, 11) is 0. The third-order valence-corrected chi connectivity index (χ3v) is 5.72. The maximum Gasteiger partial charge on any atom is 0.261 e. The van der Waals surface area contributed by atoms with E-state index in [0.29, 0.717) is 36.5 Å². The second kappa shape index (κ2) is 9.22. The van der Waals surface area contributed by atoms with Gasteiger partial charge in [0.05, 0.1) is 30.7 Å². The number of amides is 1. The number of nitrogens with zero attached hydrogens (tertiary/aromatic N) is 3. The Hall–Kier alpha value is -3.03.